The lowest BCUT2D eigenvalue weighted by Crippen LogP contribution is -2.42. The normalized spacial score (nSPS) is 14.2. The van der Waals surface area contributed by atoms with E-state index in [1.54, 1.807) is 0 Å². The minimum Gasteiger partial charge on any atom is -0.202 e. The Balaban J connectivity index is 4.31. The van der Waals surface area contributed by atoms with Crippen LogP contribution in [0.5, 0.6) is 0 Å². The Bertz CT molecular complexity index is 273. The van der Waals surface area contributed by atoms with Crippen LogP contribution in [-0.2, 0) is 10.2 Å². The molecule has 0 spiro atoms. The first-order valence-corrected chi connectivity index (χ1v) is 8.29. The van der Waals surface area contributed by atoms with Crippen LogP contribution in [0.4, 0.5) is 0 Å². The predicted octanol–water partition coefficient (Wildman–Crippen LogP) is 2.21. The van der Waals surface area contributed by atoms with Crippen molar-refractivity contribution in [2.45, 2.75) is 40.0 Å². The van der Waals surface area contributed by atoms with Crippen LogP contribution in [-0.4, -0.2) is 38.2 Å². The molecule has 1 atom stereocenters. The summed E-state index contributed by atoms with van der Waals surface area (Å²) in [6.45, 7) is 7.26. The number of halogens is 1. The molecule has 0 amide bonds. The van der Waals surface area contributed by atoms with Gasteiger partial charge in [0.15, 0.2) is 0 Å². The van der Waals surface area contributed by atoms with Gasteiger partial charge < -0.3 is 0 Å². The maximum atomic E-state index is 11.9. The second-order valence-corrected chi connectivity index (χ2v) is 6.20. The van der Waals surface area contributed by atoms with Gasteiger partial charge in [-0.25, -0.2) is 4.72 Å². The van der Waals surface area contributed by atoms with E-state index in [9.17, 15) is 8.42 Å². The molecule has 0 saturated heterocycles. The molecule has 0 aliphatic heterocycles. The highest BCUT2D eigenvalue weighted by atomic mass is 35.5. The van der Waals surface area contributed by atoms with Gasteiger partial charge in [-0.15, -0.1) is 11.6 Å². The van der Waals surface area contributed by atoms with E-state index in [1.165, 1.54) is 4.31 Å². The molecule has 0 aromatic heterocycles. The third kappa shape index (κ3) is 6.60. The summed E-state index contributed by atoms with van der Waals surface area (Å²) < 4.78 is 27.9. The Kier molecular flexibility index (Phi) is 9.22. The van der Waals surface area contributed by atoms with Crippen LogP contribution in [0, 0.1) is 5.92 Å². The van der Waals surface area contributed by atoms with Gasteiger partial charge in [-0.1, -0.05) is 27.2 Å². The number of hydrogen-bond donors (Lipinski definition) is 1. The molecular formula is C11H25ClN2O2S. The van der Waals surface area contributed by atoms with Gasteiger partial charge in [0.2, 0.25) is 0 Å². The van der Waals surface area contributed by atoms with Gasteiger partial charge in [0.05, 0.1) is 0 Å². The van der Waals surface area contributed by atoms with Gasteiger partial charge in [-0.05, 0) is 18.8 Å². The zero-order valence-electron chi connectivity index (χ0n) is 11.1. The molecule has 1 N–H and O–H groups in total. The number of rotatable bonds is 10. The van der Waals surface area contributed by atoms with Crippen LogP contribution < -0.4 is 4.72 Å². The molecule has 0 saturated carbocycles. The van der Waals surface area contributed by atoms with Crippen LogP contribution in [0.1, 0.15) is 40.0 Å². The first-order chi connectivity index (χ1) is 8.01. The minimum absolute atomic E-state index is 0.336. The highest BCUT2D eigenvalue weighted by molar-refractivity contribution is 7.87. The number of alkyl halides is 1. The molecule has 104 valence electrons. The maximum Gasteiger partial charge on any atom is 0.279 e. The van der Waals surface area contributed by atoms with E-state index in [0.717, 1.165) is 19.3 Å². The fourth-order valence-electron chi connectivity index (χ4n) is 1.79. The van der Waals surface area contributed by atoms with Gasteiger partial charge >= 0.3 is 0 Å². The molecule has 17 heavy (non-hydrogen) atoms. The van der Waals surface area contributed by atoms with E-state index >= 15 is 0 Å². The average Bonchev–Trinajstić information content (AvgIpc) is 2.28. The molecule has 6 heteroatoms. The highest BCUT2D eigenvalue weighted by Gasteiger charge is 2.19. The summed E-state index contributed by atoms with van der Waals surface area (Å²) in [7, 11) is -3.31. The lowest BCUT2D eigenvalue weighted by Gasteiger charge is -2.21. The predicted molar refractivity (Wildman–Crippen MR) is 73.6 cm³/mol. The fourth-order valence-corrected chi connectivity index (χ4v) is 3.41. The summed E-state index contributed by atoms with van der Waals surface area (Å²) >= 11 is 5.71. The van der Waals surface area contributed by atoms with Crippen LogP contribution >= 0.6 is 11.6 Å². The van der Waals surface area contributed by atoms with E-state index in [1.807, 2.05) is 13.8 Å². The third-order valence-electron chi connectivity index (χ3n) is 2.81. The quantitative estimate of drug-likeness (QED) is 0.625. The summed E-state index contributed by atoms with van der Waals surface area (Å²) in [6.07, 6.45) is 2.91. The standard InChI is InChI=1S/C11H25ClN2O2S/c1-4-7-11(8-9-12)10-13-17(15,16)14(5-2)6-3/h11,13H,4-10H2,1-3H3. The smallest absolute Gasteiger partial charge is 0.202 e. The molecule has 0 aliphatic rings. The molecule has 0 aromatic carbocycles. The lowest BCUT2D eigenvalue weighted by atomic mass is 10.0. The topological polar surface area (TPSA) is 49.4 Å². The maximum absolute atomic E-state index is 11.9. The average molecular weight is 285 g/mol. The largest absolute Gasteiger partial charge is 0.279 e. The van der Waals surface area contributed by atoms with Crippen molar-refractivity contribution in [1.29, 1.82) is 0 Å². The van der Waals surface area contributed by atoms with E-state index in [4.69, 9.17) is 11.6 Å². The molecule has 0 aromatic rings. The van der Waals surface area contributed by atoms with Crippen LogP contribution in [0.3, 0.4) is 0 Å². The van der Waals surface area contributed by atoms with Gasteiger partial charge in [0.1, 0.15) is 0 Å². The molecule has 0 bridgehead atoms. The van der Waals surface area contributed by atoms with Crippen molar-refractivity contribution >= 4 is 21.8 Å². The van der Waals surface area contributed by atoms with E-state index in [0.29, 0.717) is 31.4 Å². The summed E-state index contributed by atoms with van der Waals surface area (Å²) in [4.78, 5) is 0. The molecule has 0 fully saturated rings. The summed E-state index contributed by atoms with van der Waals surface area (Å²) in [6, 6.07) is 0. The molecule has 0 radical (unpaired) electrons. The molecule has 4 nitrogen and oxygen atoms in total. The highest BCUT2D eigenvalue weighted by Crippen LogP contribution is 2.11. The lowest BCUT2D eigenvalue weighted by molar-refractivity contribution is 0.414. The van der Waals surface area contributed by atoms with E-state index in [2.05, 4.69) is 11.6 Å². The monoisotopic (exact) mass is 284 g/mol. The van der Waals surface area contributed by atoms with Gasteiger partial charge in [-0.3, -0.25) is 0 Å². The SMILES string of the molecule is CCCC(CCCl)CNS(=O)(=O)N(CC)CC. The molecule has 0 heterocycles. The second-order valence-electron chi connectivity index (χ2n) is 4.07. The second kappa shape index (κ2) is 9.14. The van der Waals surface area contributed by atoms with Gasteiger partial charge in [0, 0.05) is 25.5 Å². The van der Waals surface area contributed by atoms with Crippen LogP contribution in [0.2, 0.25) is 0 Å². The number of hydrogen-bond acceptors (Lipinski definition) is 2. The summed E-state index contributed by atoms with van der Waals surface area (Å²) in [5, 5.41) is 0. The Labute approximate surface area is 111 Å². The van der Waals surface area contributed by atoms with E-state index < -0.39 is 10.2 Å². The number of nitrogens with zero attached hydrogens (tertiary/aromatic N) is 1. The van der Waals surface area contributed by atoms with Gasteiger partial charge in [-0.2, -0.15) is 12.7 Å². The Hall–Kier alpha value is 0.160. The molecular weight excluding hydrogens is 260 g/mol. The Morgan fingerprint density at radius 1 is 1.18 bits per heavy atom. The van der Waals surface area contributed by atoms with Crippen LogP contribution in [0.25, 0.3) is 0 Å². The molecule has 0 aliphatic carbocycles. The van der Waals surface area contributed by atoms with Crippen molar-refractivity contribution in [1.82, 2.24) is 9.03 Å². The first-order valence-electron chi connectivity index (χ1n) is 6.32. The number of nitrogens with one attached hydrogen (secondary N) is 1. The van der Waals surface area contributed by atoms with Crippen molar-refractivity contribution in [3.63, 3.8) is 0 Å². The van der Waals surface area contributed by atoms with E-state index in [-0.39, 0.29) is 0 Å². The molecule has 1 unspecified atom stereocenters. The minimum atomic E-state index is -3.31. The zero-order valence-corrected chi connectivity index (χ0v) is 12.6. The Morgan fingerprint density at radius 3 is 2.18 bits per heavy atom. The zero-order chi connectivity index (χ0) is 13.3. The summed E-state index contributed by atoms with van der Waals surface area (Å²) in [5.41, 5.74) is 0. The summed E-state index contributed by atoms with van der Waals surface area (Å²) in [5.74, 6) is 0.917. The fraction of sp³-hybridized carbons (Fsp3) is 1.00. The van der Waals surface area contributed by atoms with Crippen molar-refractivity contribution in [2.75, 3.05) is 25.5 Å². The van der Waals surface area contributed by atoms with Crippen molar-refractivity contribution < 1.29 is 8.42 Å². The first kappa shape index (κ1) is 17.2. The molecule has 0 rings (SSSR count). The van der Waals surface area contributed by atoms with Crippen LogP contribution in [0.15, 0.2) is 0 Å². The van der Waals surface area contributed by atoms with Crippen molar-refractivity contribution in [3.8, 4) is 0 Å². The Morgan fingerprint density at radius 2 is 1.76 bits per heavy atom. The van der Waals surface area contributed by atoms with Crippen molar-refractivity contribution in [3.05, 3.63) is 0 Å². The van der Waals surface area contributed by atoms with Gasteiger partial charge in [0.25, 0.3) is 10.2 Å². The van der Waals surface area contributed by atoms with Crippen molar-refractivity contribution in [2.24, 2.45) is 5.92 Å². The third-order valence-corrected chi connectivity index (χ3v) is 4.76.